The van der Waals surface area contributed by atoms with Gasteiger partial charge in [0.05, 0.1) is 5.39 Å². The molecule has 2 N–H and O–H groups in total. The topological polar surface area (TPSA) is 87.5 Å². The largest absolute Gasteiger partial charge is 0.477 e. The van der Waals surface area contributed by atoms with Crippen molar-refractivity contribution in [3.05, 3.63) is 33.9 Å². The fraction of sp³-hybridized carbons (Fsp3) is 0.471. The highest BCUT2D eigenvalue weighted by Crippen LogP contribution is 2.37. The van der Waals surface area contributed by atoms with Crippen molar-refractivity contribution in [3.63, 3.8) is 0 Å². The first-order valence-electron chi connectivity index (χ1n) is 8.40. The molecule has 1 aliphatic heterocycles. The van der Waals surface area contributed by atoms with E-state index in [2.05, 4.69) is 10.3 Å². The molecule has 1 atom stereocenters. The van der Waals surface area contributed by atoms with E-state index in [1.54, 1.807) is 4.57 Å². The minimum absolute atomic E-state index is 0.0254. The van der Waals surface area contributed by atoms with Crippen molar-refractivity contribution in [2.75, 3.05) is 25.0 Å². The van der Waals surface area contributed by atoms with Crippen LogP contribution in [0.2, 0.25) is 0 Å². The van der Waals surface area contributed by atoms with E-state index in [0.29, 0.717) is 18.7 Å². The van der Waals surface area contributed by atoms with Gasteiger partial charge in [-0.15, -0.1) is 0 Å². The molecule has 0 bridgehead atoms. The maximum Gasteiger partial charge on any atom is 0.341 e. The summed E-state index contributed by atoms with van der Waals surface area (Å²) in [6.07, 6.45) is 4.04. The highest BCUT2D eigenvalue weighted by molar-refractivity contribution is 5.92. The first-order chi connectivity index (χ1) is 12.0. The molecule has 1 aliphatic carbocycles. The minimum atomic E-state index is -1.30. The summed E-state index contributed by atoms with van der Waals surface area (Å²) in [6, 6.07) is 1.53. The van der Waals surface area contributed by atoms with Gasteiger partial charge in [-0.25, -0.2) is 14.2 Å². The Hall–Kier alpha value is -2.48. The third-order valence-electron chi connectivity index (χ3n) is 5.01. The monoisotopic (exact) mass is 346 g/mol. The molecular formula is C17H19FN4O3. The summed E-state index contributed by atoms with van der Waals surface area (Å²) < 4.78 is 16.4. The summed E-state index contributed by atoms with van der Waals surface area (Å²) in [5, 5.41) is 12.5. The number of aromatic nitrogens is 2. The highest BCUT2D eigenvalue weighted by Gasteiger charge is 2.30. The Morgan fingerprint density at radius 2 is 2.16 bits per heavy atom. The second-order valence-electron chi connectivity index (χ2n) is 6.70. The fourth-order valence-electron chi connectivity index (χ4n) is 3.43. The lowest BCUT2D eigenvalue weighted by atomic mass is 10.2. The summed E-state index contributed by atoms with van der Waals surface area (Å²) in [6.45, 7) is 1.33. The van der Waals surface area contributed by atoms with E-state index in [1.165, 1.54) is 6.20 Å². The lowest BCUT2D eigenvalue weighted by Gasteiger charge is -2.20. The molecule has 0 radical (unpaired) electrons. The maximum absolute atomic E-state index is 14.6. The van der Waals surface area contributed by atoms with Gasteiger partial charge in [0, 0.05) is 31.4 Å². The van der Waals surface area contributed by atoms with Crippen molar-refractivity contribution in [3.8, 4) is 0 Å². The van der Waals surface area contributed by atoms with Crippen molar-refractivity contribution in [1.29, 1.82) is 0 Å². The molecule has 2 aliphatic rings. The Bertz CT molecular complexity index is 922. The Morgan fingerprint density at radius 1 is 1.40 bits per heavy atom. The SMILES string of the molecule is CNC1CCN(c2nc3c(cc2F)c(=O)c(C(=O)O)cn3C2CC2)C1. The second-order valence-corrected chi connectivity index (χ2v) is 6.70. The number of halogens is 1. The first-order valence-corrected chi connectivity index (χ1v) is 8.40. The summed E-state index contributed by atoms with van der Waals surface area (Å²) in [7, 11) is 1.87. The van der Waals surface area contributed by atoms with E-state index in [9.17, 15) is 19.1 Å². The van der Waals surface area contributed by atoms with Crippen LogP contribution in [-0.4, -0.2) is 46.8 Å². The number of nitrogens with one attached hydrogen (secondary N) is 1. The summed E-state index contributed by atoms with van der Waals surface area (Å²) in [5.41, 5.74) is -0.668. The number of fused-ring (bicyclic) bond motifs is 1. The molecule has 25 heavy (non-hydrogen) atoms. The maximum atomic E-state index is 14.6. The minimum Gasteiger partial charge on any atom is -0.477 e. The first kappa shape index (κ1) is 16.0. The van der Waals surface area contributed by atoms with E-state index in [4.69, 9.17) is 0 Å². The number of likely N-dealkylation sites (N-methyl/N-ethyl adjacent to an activating group) is 1. The predicted octanol–water partition coefficient (Wildman–Crippen LogP) is 1.37. The van der Waals surface area contributed by atoms with Crippen molar-refractivity contribution in [2.45, 2.75) is 31.3 Å². The van der Waals surface area contributed by atoms with Gasteiger partial charge < -0.3 is 19.9 Å². The second kappa shape index (κ2) is 5.80. The number of carbonyl (C=O) groups is 1. The van der Waals surface area contributed by atoms with Crippen LogP contribution in [-0.2, 0) is 0 Å². The van der Waals surface area contributed by atoms with Crippen molar-refractivity contribution < 1.29 is 14.3 Å². The van der Waals surface area contributed by atoms with Crippen LogP contribution in [0.25, 0.3) is 11.0 Å². The zero-order valence-electron chi connectivity index (χ0n) is 13.8. The van der Waals surface area contributed by atoms with Crippen molar-refractivity contribution >= 4 is 22.8 Å². The van der Waals surface area contributed by atoms with Gasteiger partial charge in [-0.2, -0.15) is 0 Å². The number of aromatic carboxylic acids is 1. The van der Waals surface area contributed by atoms with Crippen LogP contribution in [0.15, 0.2) is 17.1 Å². The molecule has 1 saturated heterocycles. The van der Waals surface area contributed by atoms with Crippen molar-refractivity contribution in [2.24, 2.45) is 0 Å². The number of carboxylic acids is 1. The molecule has 1 unspecified atom stereocenters. The molecule has 4 rings (SSSR count). The van der Waals surface area contributed by atoms with Gasteiger partial charge >= 0.3 is 5.97 Å². The van der Waals surface area contributed by atoms with Crippen LogP contribution < -0.4 is 15.6 Å². The van der Waals surface area contributed by atoms with E-state index in [-0.39, 0.29) is 28.9 Å². The van der Waals surface area contributed by atoms with Crippen LogP contribution in [0.1, 0.15) is 35.7 Å². The normalized spacial score (nSPS) is 20.4. The number of carboxylic acid groups (broad SMARTS) is 1. The standard InChI is InChI=1S/C17H19FN4O3/c1-19-9-4-5-21(7-9)16-13(18)6-11-14(23)12(17(24)25)8-22(10-2-3-10)15(11)20-16/h6,8-10,19H,2-5,7H2,1H3,(H,24,25). The van der Waals surface area contributed by atoms with Gasteiger partial charge in [0.25, 0.3) is 0 Å². The van der Waals surface area contributed by atoms with Gasteiger partial charge in [0.15, 0.2) is 11.6 Å². The van der Waals surface area contributed by atoms with Gasteiger partial charge in [0.2, 0.25) is 5.43 Å². The van der Waals surface area contributed by atoms with Gasteiger partial charge in [-0.05, 0) is 32.4 Å². The lowest BCUT2D eigenvalue weighted by molar-refractivity contribution is 0.0695. The molecule has 3 heterocycles. The fourth-order valence-corrected chi connectivity index (χ4v) is 3.43. The Kier molecular flexibility index (Phi) is 3.72. The van der Waals surface area contributed by atoms with Gasteiger partial charge in [0.1, 0.15) is 11.2 Å². The van der Waals surface area contributed by atoms with Crippen LogP contribution in [0.5, 0.6) is 0 Å². The predicted molar refractivity (Wildman–Crippen MR) is 90.9 cm³/mol. The number of hydrogen-bond acceptors (Lipinski definition) is 5. The molecule has 0 aromatic carbocycles. The molecule has 0 amide bonds. The number of nitrogens with zero attached hydrogens (tertiary/aromatic N) is 3. The molecule has 132 valence electrons. The van der Waals surface area contributed by atoms with E-state index in [0.717, 1.165) is 25.3 Å². The Labute approximate surface area is 143 Å². The molecule has 2 aromatic rings. The third kappa shape index (κ3) is 2.66. The molecule has 2 aromatic heterocycles. The molecular weight excluding hydrogens is 327 g/mol. The highest BCUT2D eigenvalue weighted by atomic mass is 19.1. The van der Waals surface area contributed by atoms with E-state index < -0.39 is 17.2 Å². The van der Waals surface area contributed by atoms with E-state index in [1.807, 2.05) is 11.9 Å². The summed E-state index contributed by atoms with van der Waals surface area (Å²) in [4.78, 5) is 30.1. The smallest absolute Gasteiger partial charge is 0.341 e. The van der Waals surface area contributed by atoms with Crippen LogP contribution in [0.4, 0.5) is 10.2 Å². The van der Waals surface area contributed by atoms with Crippen LogP contribution >= 0.6 is 0 Å². The molecule has 8 heteroatoms. The molecule has 7 nitrogen and oxygen atoms in total. The van der Waals surface area contributed by atoms with Gasteiger partial charge in [-0.1, -0.05) is 0 Å². The van der Waals surface area contributed by atoms with E-state index >= 15 is 0 Å². The molecule has 1 saturated carbocycles. The average Bonchev–Trinajstić information content (AvgIpc) is 3.31. The number of anilines is 1. The average molecular weight is 346 g/mol. The number of pyridine rings is 2. The van der Waals surface area contributed by atoms with Gasteiger partial charge in [-0.3, -0.25) is 4.79 Å². The summed E-state index contributed by atoms with van der Waals surface area (Å²) >= 11 is 0. The molecule has 0 spiro atoms. The zero-order chi connectivity index (χ0) is 17.7. The van der Waals surface area contributed by atoms with Crippen LogP contribution in [0, 0.1) is 5.82 Å². The molecule has 2 fully saturated rings. The summed E-state index contributed by atoms with van der Waals surface area (Å²) in [5.74, 6) is -1.67. The van der Waals surface area contributed by atoms with Crippen molar-refractivity contribution in [1.82, 2.24) is 14.9 Å². The Balaban J connectivity index is 1.90. The number of hydrogen-bond donors (Lipinski definition) is 2. The Morgan fingerprint density at radius 3 is 2.76 bits per heavy atom. The number of rotatable bonds is 4. The zero-order valence-corrected chi connectivity index (χ0v) is 13.8. The quantitative estimate of drug-likeness (QED) is 0.869. The lowest BCUT2D eigenvalue weighted by Crippen LogP contribution is -2.30. The van der Waals surface area contributed by atoms with Crippen LogP contribution in [0.3, 0.4) is 0 Å². The third-order valence-corrected chi connectivity index (χ3v) is 5.01.